The molecule has 1 N–H and O–H groups in total. The predicted molar refractivity (Wildman–Crippen MR) is 101 cm³/mol. The van der Waals surface area contributed by atoms with Gasteiger partial charge < -0.3 is 15.1 Å². The van der Waals surface area contributed by atoms with E-state index in [4.69, 9.17) is 0 Å². The molecule has 1 atom stereocenters. The van der Waals surface area contributed by atoms with Crippen molar-refractivity contribution in [3.05, 3.63) is 35.9 Å². The number of carbonyl (C=O) groups excluding carboxylic acids is 2. The monoisotopic (exact) mass is 355 g/mol. The molecule has 0 spiro atoms. The fraction of sp³-hybridized carbons (Fsp3) is 0.619. The minimum absolute atomic E-state index is 0.0594. The summed E-state index contributed by atoms with van der Waals surface area (Å²) in [5.74, 6) is -0.0296. The molecule has 140 valence electrons. The van der Waals surface area contributed by atoms with Gasteiger partial charge in [-0.15, -0.1) is 0 Å². The number of hydrogen-bond donors (Lipinski definition) is 1. The van der Waals surface area contributed by atoms with Gasteiger partial charge in [0.05, 0.1) is 5.92 Å². The topological polar surface area (TPSA) is 52.7 Å². The second-order valence-electron chi connectivity index (χ2n) is 8.38. The Morgan fingerprint density at radius 1 is 1.19 bits per heavy atom. The lowest BCUT2D eigenvalue weighted by atomic mass is 9.94. The highest BCUT2D eigenvalue weighted by atomic mass is 16.2. The number of hydrogen-bond acceptors (Lipinski definition) is 3. The van der Waals surface area contributed by atoms with Crippen molar-refractivity contribution < 1.29 is 9.59 Å². The van der Waals surface area contributed by atoms with E-state index in [1.807, 2.05) is 0 Å². The molecule has 5 heteroatoms. The van der Waals surface area contributed by atoms with E-state index in [9.17, 15) is 9.59 Å². The molecule has 1 saturated carbocycles. The average Bonchev–Trinajstić information content (AvgIpc) is 3.36. The number of carbonyl (C=O) groups is 2. The molecule has 2 heterocycles. The Bertz CT molecular complexity index is 663. The molecule has 1 aliphatic carbocycles. The van der Waals surface area contributed by atoms with Crippen molar-refractivity contribution in [1.82, 2.24) is 15.1 Å². The Hall–Kier alpha value is -1.88. The van der Waals surface area contributed by atoms with Crippen LogP contribution in [-0.2, 0) is 15.0 Å². The van der Waals surface area contributed by atoms with E-state index >= 15 is 0 Å². The van der Waals surface area contributed by atoms with Gasteiger partial charge in [-0.1, -0.05) is 30.3 Å². The molecule has 0 aromatic heterocycles. The van der Waals surface area contributed by atoms with Crippen LogP contribution < -0.4 is 5.32 Å². The van der Waals surface area contributed by atoms with E-state index in [0.29, 0.717) is 18.4 Å². The Labute approximate surface area is 155 Å². The lowest BCUT2D eigenvalue weighted by molar-refractivity contribution is -0.128. The highest BCUT2D eigenvalue weighted by Crippen LogP contribution is 2.48. The van der Waals surface area contributed by atoms with Crippen molar-refractivity contribution in [2.75, 3.05) is 33.2 Å². The summed E-state index contributed by atoms with van der Waals surface area (Å²) < 4.78 is 0. The van der Waals surface area contributed by atoms with Gasteiger partial charge in [0.25, 0.3) is 0 Å². The summed E-state index contributed by atoms with van der Waals surface area (Å²) in [7, 11) is 1.77. The summed E-state index contributed by atoms with van der Waals surface area (Å²) in [6, 6.07) is 11.2. The van der Waals surface area contributed by atoms with Crippen LogP contribution in [0.5, 0.6) is 0 Å². The molecule has 0 unspecified atom stereocenters. The first-order valence-electron chi connectivity index (χ1n) is 9.88. The first-order valence-corrected chi connectivity index (χ1v) is 9.88. The minimum Gasteiger partial charge on any atom is -0.353 e. The fourth-order valence-corrected chi connectivity index (χ4v) is 4.50. The summed E-state index contributed by atoms with van der Waals surface area (Å²) in [5.41, 5.74) is 1.84. The second kappa shape index (κ2) is 7.03. The van der Waals surface area contributed by atoms with Gasteiger partial charge in [-0.05, 0) is 31.2 Å². The van der Waals surface area contributed by atoms with Crippen LogP contribution in [0.1, 0.15) is 37.7 Å². The normalized spacial score (nSPS) is 26.1. The van der Waals surface area contributed by atoms with Crippen molar-refractivity contribution in [3.8, 4) is 0 Å². The Kier molecular flexibility index (Phi) is 4.74. The van der Waals surface area contributed by atoms with E-state index in [-0.39, 0.29) is 23.8 Å². The van der Waals surface area contributed by atoms with Gasteiger partial charge in [-0.2, -0.15) is 0 Å². The summed E-state index contributed by atoms with van der Waals surface area (Å²) in [6.45, 7) is 3.79. The maximum absolute atomic E-state index is 12.4. The van der Waals surface area contributed by atoms with Gasteiger partial charge in [0.1, 0.15) is 0 Å². The highest BCUT2D eigenvalue weighted by Gasteiger charge is 2.45. The second-order valence-corrected chi connectivity index (χ2v) is 8.38. The Morgan fingerprint density at radius 3 is 2.46 bits per heavy atom. The number of likely N-dealkylation sites (tertiary alicyclic amines) is 2. The largest absolute Gasteiger partial charge is 0.353 e. The van der Waals surface area contributed by atoms with E-state index in [1.165, 1.54) is 18.4 Å². The van der Waals surface area contributed by atoms with Gasteiger partial charge >= 0.3 is 0 Å². The summed E-state index contributed by atoms with van der Waals surface area (Å²) in [5, 5.41) is 3.19. The summed E-state index contributed by atoms with van der Waals surface area (Å²) >= 11 is 0. The first kappa shape index (κ1) is 17.5. The van der Waals surface area contributed by atoms with Crippen LogP contribution in [0.4, 0.5) is 0 Å². The third-order valence-corrected chi connectivity index (χ3v) is 6.41. The molecule has 0 radical (unpaired) electrons. The molecule has 2 amide bonds. The zero-order valence-electron chi connectivity index (χ0n) is 15.6. The molecule has 0 bridgehead atoms. The van der Waals surface area contributed by atoms with Crippen molar-refractivity contribution in [1.29, 1.82) is 0 Å². The molecule has 3 aliphatic rings. The molecule has 5 nitrogen and oxygen atoms in total. The van der Waals surface area contributed by atoms with Crippen LogP contribution in [-0.4, -0.2) is 60.9 Å². The molecule has 26 heavy (non-hydrogen) atoms. The zero-order valence-corrected chi connectivity index (χ0v) is 15.6. The van der Waals surface area contributed by atoms with Crippen molar-refractivity contribution in [3.63, 3.8) is 0 Å². The average molecular weight is 355 g/mol. The quantitative estimate of drug-likeness (QED) is 0.876. The SMILES string of the molecule is CN1C[C@@H](C(=O)NC2CCN(CC3(c4ccccc4)CC3)CC2)CC1=O. The number of amides is 2. The minimum atomic E-state index is -0.168. The van der Waals surface area contributed by atoms with Gasteiger partial charge in [-0.25, -0.2) is 0 Å². The highest BCUT2D eigenvalue weighted by molar-refractivity contribution is 5.89. The molecular formula is C21H29N3O2. The van der Waals surface area contributed by atoms with Crippen molar-refractivity contribution in [2.45, 2.75) is 43.6 Å². The van der Waals surface area contributed by atoms with Crippen LogP contribution in [0.3, 0.4) is 0 Å². The fourth-order valence-electron chi connectivity index (χ4n) is 4.50. The lowest BCUT2D eigenvalue weighted by Crippen LogP contribution is -2.48. The number of nitrogens with zero attached hydrogens (tertiary/aromatic N) is 2. The molecule has 3 fully saturated rings. The number of piperidine rings is 1. The van der Waals surface area contributed by atoms with Gasteiger partial charge in [0.15, 0.2) is 0 Å². The number of rotatable bonds is 5. The van der Waals surface area contributed by atoms with Gasteiger partial charge in [0.2, 0.25) is 11.8 Å². The molecule has 2 saturated heterocycles. The van der Waals surface area contributed by atoms with E-state index in [2.05, 4.69) is 40.5 Å². The zero-order chi connectivity index (χ0) is 18.1. The van der Waals surface area contributed by atoms with E-state index < -0.39 is 0 Å². The van der Waals surface area contributed by atoms with Crippen LogP contribution in [0.25, 0.3) is 0 Å². The summed E-state index contributed by atoms with van der Waals surface area (Å²) in [6.07, 6.45) is 4.95. The number of benzene rings is 1. The molecule has 2 aliphatic heterocycles. The molecule has 4 rings (SSSR count). The molecule has 1 aromatic rings. The van der Waals surface area contributed by atoms with Gasteiger partial charge in [0, 0.05) is 51.1 Å². The van der Waals surface area contributed by atoms with Crippen LogP contribution in [0.2, 0.25) is 0 Å². The van der Waals surface area contributed by atoms with Crippen LogP contribution in [0, 0.1) is 5.92 Å². The standard InChI is InChI=1S/C21H29N3O2/c1-23-14-16(13-19(23)25)20(26)22-18-7-11-24(12-8-18)15-21(9-10-21)17-5-3-2-4-6-17/h2-6,16,18H,7-15H2,1H3,(H,22,26)/t16-/m0/s1. The van der Waals surface area contributed by atoms with Crippen LogP contribution in [0.15, 0.2) is 30.3 Å². The first-order chi connectivity index (χ1) is 12.6. The predicted octanol–water partition coefficient (Wildman–Crippen LogP) is 1.78. The van der Waals surface area contributed by atoms with E-state index in [1.54, 1.807) is 11.9 Å². The van der Waals surface area contributed by atoms with Crippen molar-refractivity contribution >= 4 is 11.8 Å². The lowest BCUT2D eigenvalue weighted by Gasteiger charge is -2.35. The maximum atomic E-state index is 12.4. The molecule has 1 aromatic carbocycles. The van der Waals surface area contributed by atoms with Crippen molar-refractivity contribution in [2.24, 2.45) is 5.92 Å². The Morgan fingerprint density at radius 2 is 1.88 bits per heavy atom. The Balaban J connectivity index is 1.25. The summed E-state index contributed by atoms with van der Waals surface area (Å²) in [4.78, 5) is 28.2. The number of nitrogens with one attached hydrogen (secondary N) is 1. The molecular weight excluding hydrogens is 326 g/mol. The van der Waals surface area contributed by atoms with Gasteiger partial charge in [-0.3, -0.25) is 9.59 Å². The smallest absolute Gasteiger partial charge is 0.225 e. The van der Waals surface area contributed by atoms with E-state index in [0.717, 1.165) is 32.5 Å². The third kappa shape index (κ3) is 3.63. The maximum Gasteiger partial charge on any atom is 0.225 e. The third-order valence-electron chi connectivity index (χ3n) is 6.41. The van der Waals surface area contributed by atoms with Crippen LogP contribution >= 0.6 is 0 Å².